The Bertz CT molecular complexity index is 389. The molecule has 150 valence electrons. The van der Waals surface area contributed by atoms with Gasteiger partial charge < -0.3 is 4.74 Å². The standard InChI is InChI=1S/C13H26O.C11H22/c1-12(2,3)9-14-8-10-7-11(10)13(4,5)6;1-10(2,3)8-7-9(8)11(4,5)6/h10-11H,7-9H2,1-6H3;8-9H,7H2,1-6H3. The molecule has 0 saturated heterocycles. The Hall–Kier alpha value is -0.0400. The van der Waals surface area contributed by atoms with Crippen molar-refractivity contribution in [1.29, 1.82) is 0 Å². The van der Waals surface area contributed by atoms with Gasteiger partial charge >= 0.3 is 0 Å². The average molecular weight is 353 g/mol. The molecule has 2 aliphatic carbocycles. The lowest BCUT2D eigenvalue weighted by Crippen LogP contribution is -2.17. The van der Waals surface area contributed by atoms with E-state index in [1.165, 1.54) is 12.8 Å². The second-order valence-corrected chi connectivity index (χ2v) is 13.2. The van der Waals surface area contributed by atoms with Crippen LogP contribution in [0.25, 0.3) is 0 Å². The number of ether oxygens (including phenoxy) is 1. The van der Waals surface area contributed by atoms with Crippen molar-refractivity contribution in [1.82, 2.24) is 0 Å². The molecule has 2 saturated carbocycles. The summed E-state index contributed by atoms with van der Waals surface area (Å²) < 4.78 is 5.75. The van der Waals surface area contributed by atoms with Crippen LogP contribution < -0.4 is 0 Å². The monoisotopic (exact) mass is 352 g/mol. The molecule has 2 aliphatic rings. The van der Waals surface area contributed by atoms with Crippen LogP contribution in [-0.4, -0.2) is 13.2 Å². The second kappa shape index (κ2) is 7.53. The van der Waals surface area contributed by atoms with E-state index in [1.807, 2.05) is 0 Å². The molecule has 0 spiro atoms. The van der Waals surface area contributed by atoms with Crippen molar-refractivity contribution < 1.29 is 4.74 Å². The van der Waals surface area contributed by atoms with Crippen LogP contribution in [0.2, 0.25) is 0 Å². The Kier molecular flexibility index (Phi) is 6.93. The van der Waals surface area contributed by atoms with Gasteiger partial charge in [0.05, 0.1) is 6.61 Å². The van der Waals surface area contributed by atoms with E-state index in [4.69, 9.17) is 4.74 Å². The minimum Gasteiger partial charge on any atom is -0.381 e. The van der Waals surface area contributed by atoms with Crippen molar-refractivity contribution in [2.75, 3.05) is 13.2 Å². The molecular weight excluding hydrogens is 304 g/mol. The Morgan fingerprint density at radius 2 is 1.00 bits per heavy atom. The summed E-state index contributed by atoms with van der Waals surface area (Å²) in [6.45, 7) is 29.7. The SMILES string of the molecule is CC(C)(C)C1CC1C(C)(C)C.CC(C)(C)COCC1CC1C(C)(C)C. The van der Waals surface area contributed by atoms with Crippen LogP contribution in [0.15, 0.2) is 0 Å². The van der Waals surface area contributed by atoms with Gasteiger partial charge in [0.1, 0.15) is 0 Å². The molecule has 1 nitrogen and oxygen atoms in total. The molecule has 0 aliphatic heterocycles. The van der Waals surface area contributed by atoms with Gasteiger partial charge in [-0.25, -0.2) is 0 Å². The normalized spacial score (nSPS) is 29.8. The summed E-state index contributed by atoms with van der Waals surface area (Å²) in [4.78, 5) is 0. The fourth-order valence-electron chi connectivity index (χ4n) is 4.12. The van der Waals surface area contributed by atoms with Gasteiger partial charge in [0.2, 0.25) is 0 Å². The zero-order valence-corrected chi connectivity index (χ0v) is 19.5. The van der Waals surface area contributed by atoms with E-state index in [0.717, 1.165) is 36.9 Å². The second-order valence-electron chi connectivity index (χ2n) is 13.2. The molecular formula is C24H48O. The fourth-order valence-corrected chi connectivity index (χ4v) is 4.12. The molecule has 4 unspecified atom stereocenters. The molecule has 2 rings (SSSR count). The molecule has 0 N–H and O–H groups in total. The summed E-state index contributed by atoms with van der Waals surface area (Å²) in [5, 5.41) is 0. The molecule has 0 aromatic rings. The lowest BCUT2D eigenvalue weighted by atomic mass is 9.81. The van der Waals surface area contributed by atoms with E-state index < -0.39 is 0 Å². The minimum absolute atomic E-state index is 0.312. The van der Waals surface area contributed by atoms with Gasteiger partial charge in [0, 0.05) is 6.61 Å². The zero-order chi connectivity index (χ0) is 19.8. The summed E-state index contributed by atoms with van der Waals surface area (Å²) in [7, 11) is 0. The topological polar surface area (TPSA) is 9.23 Å². The smallest absolute Gasteiger partial charge is 0.0514 e. The highest BCUT2D eigenvalue weighted by Gasteiger charge is 2.50. The van der Waals surface area contributed by atoms with E-state index in [1.54, 1.807) is 0 Å². The lowest BCUT2D eigenvalue weighted by molar-refractivity contribution is 0.0587. The average Bonchev–Trinajstić information content (AvgIpc) is 3.18. The number of hydrogen-bond donors (Lipinski definition) is 0. The first-order valence-electron chi connectivity index (χ1n) is 10.5. The zero-order valence-electron chi connectivity index (χ0n) is 19.5. The summed E-state index contributed by atoms with van der Waals surface area (Å²) >= 11 is 0. The summed E-state index contributed by atoms with van der Waals surface area (Å²) in [6.07, 6.45) is 2.82. The third-order valence-corrected chi connectivity index (χ3v) is 5.92. The van der Waals surface area contributed by atoms with Gasteiger partial charge in [-0.3, -0.25) is 0 Å². The van der Waals surface area contributed by atoms with Crippen molar-refractivity contribution in [3.05, 3.63) is 0 Å². The van der Waals surface area contributed by atoms with E-state index in [9.17, 15) is 0 Å². The predicted molar refractivity (Wildman–Crippen MR) is 112 cm³/mol. The van der Waals surface area contributed by atoms with Crippen LogP contribution >= 0.6 is 0 Å². The Labute approximate surface area is 159 Å². The van der Waals surface area contributed by atoms with Gasteiger partial charge in [-0.15, -0.1) is 0 Å². The van der Waals surface area contributed by atoms with Crippen LogP contribution in [0.4, 0.5) is 0 Å². The van der Waals surface area contributed by atoms with Crippen LogP contribution in [0.1, 0.15) is 95.9 Å². The molecule has 1 heteroatoms. The van der Waals surface area contributed by atoms with Crippen molar-refractivity contribution >= 4 is 0 Å². The largest absolute Gasteiger partial charge is 0.381 e. The molecule has 0 radical (unpaired) electrons. The molecule has 0 aromatic heterocycles. The van der Waals surface area contributed by atoms with Crippen LogP contribution in [0, 0.1) is 45.3 Å². The lowest BCUT2D eigenvalue weighted by Gasteiger charge is -2.24. The van der Waals surface area contributed by atoms with Crippen molar-refractivity contribution in [3.8, 4) is 0 Å². The summed E-state index contributed by atoms with van der Waals surface area (Å²) in [5.41, 5.74) is 1.87. The van der Waals surface area contributed by atoms with Gasteiger partial charge in [0.25, 0.3) is 0 Å². The van der Waals surface area contributed by atoms with E-state index in [2.05, 4.69) is 83.1 Å². The summed E-state index contributed by atoms with van der Waals surface area (Å²) in [5.74, 6) is 3.67. The maximum Gasteiger partial charge on any atom is 0.0514 e. The van der Waals surface area contributed by atoms with E-state index in [-0.39, 0.29) is 0 Å². The van der Waals surface area contributed by atoms with Crippen molar-refractivity contribution in [2.45, 2.75) is 95.9 Å². The highest BCUT2D eigenvalue weighted by Crippen LogP contribution is 2.58. The Morgan fingerprint density at radius 3 is 1.24 bits per heavy atom. The molecule has 25 heavy (non-hydrogen) atoms. The fraction of sp³-hybridized carbons (Fsp3) is 1.00. The highest BCUT2D eigenvalue weighted by atomic mass is 16.5. The third-order valence-electron chi connectivity index (χ3n) is 5.92. The minimum atomic E-state index is 0.312. The van der Waals surface area contributed by atoms with Crippen molar-refractivity contribution in [3.63, 3.8) is 0 Å². The molecule has 0 bridgehead atoms. The van der Waals surface area contributed by atoms with Gasteiger partial charge in [-0.2, -0.15) is 0 Å². The highest BCUT2D eigenvalue weighted by molar-refractivity contribution is 4.99. The van der Waals surface area contributed by atoms with Crippen LogP contribution in [-0.2, 0) is 4.74 Å². The van der Waals surface area contributed by atoms with E-state index in [0.29, 0.717) is 21.7 Å². The van der Waals surface area contributed by atoms with Gasteiger partial charge in [-0.05, 0) is 58.2 Å². The molecule has 2 fully saturated rings. The first kappa shape index (κ1) is 23.0. The Morgan fingerprint density at radius 1 is 0.600 bits per heavy atom. The maximum absolute atomic E-state index is 5.75. The van der Waals surface area contributed by atoms with E-state index >= 15 is 0 Å². The van der Waals surface area contributed by atoms with Crippen LogP contribution in [0.3, 0.4) is 0 Å². The van der Waals surface area contributed by atoms with Gasteiger partial charge in [-0.1, -0.05) is 83.1 Å². The molecule has 0 amide bonds. The summed E-state index contributed by atoms with van der Waals surface area (Å²) in [6, 6.07) is 0. The maximum atomic E-state index is 5.75. The first-order valence-corrected chi connectivity index (χ1v) is 10.5. The van der Waals surface area contributed by atoms with Crippen LogP contribution in [0.5, 0.6) is 0 Å². The number of hydrogen-bond acceptors (Lipinski definition) is 1. The molecule has 0 heterocycles. The quantitative estimate of drug-likeness (QED) is 0.512. The predicted octanol–water partition coefficient (Wildman–Crippen LogP) is 7.45. The van der Waals surface area contributed by atoms with Crippen molar-refractivity contribution in [2.24, 2.45) is 45.3 Å². The number of rotatable bonds is 3. The van der Waals surface area contributed by atoms with Gasteiger partial charge in [0.15, 0.2) is 0 Å². The Balaban J connectivity index is 0.000000257. The third kappa shape index (κ3) is 8.46. The molecule has 0 aromatic carbocycles. The molecule has 4 atom stereocenters. The first-order chi connectivity index (χ1) is 10.9.